The van der Waals surface area contributed by atoms with Crippen molar-refractivity contribution < 1.29 is 13.2 Å². The van der Waals surface area contributed by atoms with Gasteiger partial charge in [0.05, 0.1) is 14.7 Å². The normalized spacial score (nSPS) is 13.6. The van der Waals surface area contributed by atoms with Gasteiger partial charge in [-0.05, 0) is 49.6 Å². The van der Waals surface area contributed by atoms with E-state index in [1.54, 1.807) is 12.1 Å². The van der Waals surface area contributed by atoms with Crippen LogP contribution in [0.1, 0.15) is 21.4 Å². The Bertz CT molecular complexity index is 575. The standard InChI is InChI=1S/C12H6Br2ClF3S/c13-8-5-9(19-11(8)14)10(15)6-3-1-2-4-7(6)12(16,17)18/h1-5,10H. The third kappa shape index (κ3) is 3.35. The van der Waals surface area contributed by atoms with E-state index in [1.165, 1.54) is 23.5 Å². The molecule has 0 bridgehead atoms. The van der Waals surface area contributed by atoms with E-state index in [0.29, 0.717) is 4.88 Å². The molecule has 0 amide bonds. The molecular weight excluding hydrogens is 428 g/mol. The zero-order valence-corrected chi connectivity index (χ0v) is 13.9. The van der Waals surface area contributed by atoms with E-state index < -0.39 is 17.1 Å². The molecule has 0 aliphatic carbocycles. The molecule has 0 spiro atoms. The van der Waals surface area contributed by atoms with Gasteiger partial charge in [0.2, 0.25) is 0 Å². The molecule has 2 rings (SSSR count). The Kier molecular flexibility index (Phi) is 4.65. The van der Waals surface area contributed by atoms with Gasteiger partial charge in [0.15, 0.2) is 0 Å². The van der Waals surface area contributed by atoms with E-state index >= 15 is 0 Å². The number of hydrogen-bond acceptors (Lipinski definition) is 1. The van der Waals surface area contributed by atoms with E-state index in [1.807, 2.05) is 0 Å². The molecular formula is C12H6Br2ClF3S. The molecule has 2 aromatic rings. The maximum absolute atomic E-state index is 12.9. The summed E-state index contributed by atoms with van der Waals surface area (Å²) in [6.45, 7) is 0. The summed E-state index contributed by atoms with van der Waals surface area (Å²) in [6.07, 6.45) is -4.41. The lowest BCUT2D eigenvalue weighted by Crippen LogP contribution is -2.10. The predicted molar refractivity (Wildman–Crippen MR) is 78.9 cm³/mol. The van der Waals surface area contributed by atoms with Gasteiger partial charge in [0.25, 0.3) is 0 Å². The van der Waals surface area contributed by atoms with Gasteiger partial charge in [-0.1, -0.05) is 18.2 Å². The second-order valence-corrected chi connectivity index (χ2v) is 7.41. The highest BCUT2D eigenvalue weighted by Gasteiger charge is 2.35. The van der Waals surface area contributed by atoms with Gasteiger partial charge >= 0.3 is 6.18 Å². The molecule has 0 saturated heterocycles. The fourth-order valence-electron chi connectivity index (χ4n) is 1.62. The summed E-state index contributed by atoms with van der Waals surface area (Å²) in [7, 11) is 0. The van der Waals surface area contributed by atoms with Crippen molar-refractivity contribution in [2.75, 3.05) is 0 Å². The van der Waals surface area contributed by atoms with Crippen LogP contribution in [-0.2, 0) is 6.18 Å². The molecule has 0 saturated carbocycles. The molecule has 1 aromatic heterocycles. The van der Waals surface area contributed by atoms with Crippen LogP contribution in [0.4, 0.5) is 13.2 Å². The summed E-state index contributed by atoms with van der Waals surface area (Å²) in [6, 6.07) is 7.08. The van der Waals surface area contributed by atoms with E-state index in [4.69, 9.17) is 11.6 Å². The number of alkyl halides is 4. The first-order chi connectivity index (χ1) is 8.80. The summed E-state index contributed by atoms with van der Waals surface area (Å²) >= 11 is 14.1. The fourth-order valence-corrected chi connectivity index (χ4v) is 4.09. The lowest BCUT2D eigenvalue weighted by atomic mass is 10.0. The molecule has 1 unspecified atom stereocenters. The largest absolute Gasteiger partial charge is 0.416 e. The van der Waals surface area contributed by atoms with E-state index in [2.05, 4.69) is 31.9 Å². The molecule has 0 radical (unpaired) electrons. The highest BCUT2D eigenvalue weighted by Crippen LogP contribution is 2.44. The van der Waals surface area contributed by atoms with Crippen molar-refractivity contribution in [1.82, 2.24) is 0 Å². The van der Waals surface area contributed by atoms with Crippen molar-refractivity contribution in [3.8, 4) is 0 Å². The highest BCUT2D eigenvalue weighted by atomic mass is 79.9. The van der Waals surface area contributed by atoms with Gasteiger partial charge < -0.3 is 0 Å². The minimum absolute atomic E-state index is 0.0675. The number of halogens is 6. The minimum atomic E-state index is -4.41. The molecule has 19 heavy (non-hydrogen) atoms. The number of benzene rings is 1. The second-order valence-electron chi connectivity index (χ2n) is 3.72. The van der Waals surface area contributed by atoms with Gasteiger partial charge in [0.1, 0.15) is 0 Å². The monoisotopic (exact) mass is 432 g/mol. The maximum atomic E-state index is 12.9. The molecule has 0 N–H and O–H groups in total. The predicted octanol–water partition coefficient (Wildman–Crippen LogP) is 6.62. The second kappa shape index (κ2) is 5.76. The smallest absolute Gasteiger partial charge is 0.166 e. The number of thiophene rings is 1. The lowest BCUT2D eigenvalue weighted by Gasteiger charge is -2.15. The van der Waals surface area contributed by atoms with Gasteiger partial charge in [-0.3, -0.25) is 0 Å². The Balaban J connectivity index is 2.47. The average molecular weight is 435 g/mol. The van der Waals surface area contributed by atoms with Crippen molar-refractivity contribution in [2.24, 2.45) is 0 Å². The summed E-state index contributed by atoms with van der Waals surface area (Å²) in [4.78, 5) is 0.650. The lowest BCUT2D eigenvalue weighted by molar-refractivity contribution is -0.138. The minimum Gasteiger partial charge on any atom is -0.166 e. The molecule has 1 aromatic carbocycles. The van der Waals surface area contributed by atoms with E-state index in [9.17, 15) is 13.2 Å². The molecule has 0 nitrogen and oxygen atoms in total. The van der Waals surface area contributed by atoms with Gasteiger partial charge in [0, 0.05) is 9.35 Å². The van der Waals surface area contributed by atoms with Crippen LogP contribution in [0.25, 0.3) is 0 Å². The summed E-state index contributed by atoms with van der Waals surface area (Å²) in [5.74, 6) is 0. The first kappa shape index (κ1) is 15.4. The van der Waals surface area contributed by atoms with E-state index in [-0.39, 0.29) is 5.56 Å². The highest BCUT2D eigenvalue weighted by molar-refractivity contribution is 9.13. The molecule has 1 heterocycles. The Morgan fingerprint density at radius 2 is 1.79 bits per heavy atom. The quantitative estimate of drug-likeness (QED) is 0.466. The zero-order chi connectivity index (χ0) is 14.2. The average Bonchev–Trinajstić information content (AvgIpc) is 2.68. The SMILES string of the molecule is FC(F)(F)c1ccccc1C(Cl)c1cc(Br)c(Br)s1. The van der Waals surface area contributed by atoms with Crippen LogP contribution in [-0.4, -0.2) is 0 Å². The summed E-state index contributed by atoms with van der Waals surface area (Å²) < 4.78 is 40.4. The van der Waals surface area contributed by atoms with Crippen molar-refractivity contribution in [1.29, 1.82) is 0 Å². The van der Waals surface area contributed by atoms with Crippen LogP contribution in [0.2, 0.25) is 0 Å². The van der Waals surface area contributed by atoms with Gasteiger partial charge in [-0.15, -0.1) is 22.9 Å². The van der Waals surface area contributed by atoms with Gasteiger partial charge in [-0.2, -0.15) is 13.2 Å². The van der Waals surface area contributed by atoms with Crippen LogP contribution in [0.3, 0.4) is 0 Å². The molecule has 0 aliphatic heterocycles. The molecule has 0 fully saturated rings. The van der Waals surface area contributed by atoms with Crippen LogP contribution >= 0.6 is 54.8 Å². The van der Waals surface area contributed by atoms with E-state index in [0.717, 1.165) is 14.3 Å². The van der Waals surface area contributed by atoms with Crippen LogP contribution in [0.15, 0.2) is 38.6 Å². The molecule has 7 heteroatoms. The Morgan fingerprint density at radius 1 is 1.16 bits per heavy atom. The Hall–Kier alpha value is -0.0400. The molecule has 0 aliphatic rings. The summed E-state index contributed by atoms with van der Waals surface area (Å²) in [5, 5.41) is -0.828. The maximum Gasteiger partial charge on any atom is 0.416 e. The molecule has 102 valence electrons. The Labute approximate surface area is 133 Å². The van der Waals surface area contributed by atoms with Crippen molar-refractivity contribution >= 4 is 54.8 Å². The van der Waals surface area contributed by atoms with Gasteiger partial charge in [-0.25, -0.2) is 0 Å². The number of rotatable bonds is 2. The topological polar surface area (TPSA) is 0 Å². The third-order valence-corrected chi connectivity index (χ3v) is 6.37. The fraction of sp³-hybridized carbons (Fsp3) is 0.167. The van der Waals surface area contributed by atoms with Crippen molar-refractivity contribution in [3.63, 3.8) is 0 Å². The number of hydrogen-bond donors (Lipinski definition) is 0. The van der Waals surface area contributed by atoms with Crippen LogP contribution < -0.4 is 0 Å². The third-order valence-electron chi connectivity index (χ3n) is 2.45. The first-order valence-corrected chi connectivity index (χ1v) is 7.89. The summed E-state index contributed by atoms with van der Waals surface area (Å²) in [5.41, 5.74) is -0.631. The van der Waals surface area contributed by atoms with Crippen LogP contribution in [0.5, 0.6) is 0 Å². The first-order valence-electron chi connectivity index (χ1n) is 5.05. The van der Waals surface area contributed by atoms with Crippen molar-refractivity contribution in [3.05, 3.63) is 54.6 Å². The van der Waals surface area contributed by atoms with Crippen LogP contribution in [0, 0.1) is 0 Å². The zero-order valence-electron chi connectivity index (χ0n) is 9.14. The molecule has 1 atom stereocenters. The Morgan fingerprint density at radius 3 is 2.32 bits per heavy atom. The van der Waals surface area contributed by atoms with Crippen molar-refractivity contribution in [2.45, 2.75) is 11.6 Å².